The van der Waals surface area contributed by atoms with Gasteiger partial charge in [0.05, 0.1) is 23.4 Å². The van der Waals surface area contributed by atoms with E-state index in [1.165, 1.54) is 18.5 Å². The van der Waals surface area contributed by atoms with Crippen LogP contribution in [-0.2, 0) is 0 Å². The summed E-state index contributed by atoms with van der Waals surface area (Å²) in [5, 5.41) is 14.7. The molecule has 0 spiro atoms. The first kappa shape index (κ1) is 15.3. The van der Waals surface area contributed by atoms with E-state index >= 15 is 0 Å². The van der Waals surface area contributed by atoms with Gasteiger partial charge in [0.1, 0.15) is 11.3 Å². The van der Waals surface area contributed by atoms with Crippen molar-refractivity contribution in [2.24, 2.45) is 5.10 Å². The molecule has 0 bridgehead atoms. The predicted molar refractivity (Wildman–Crippen MR) is 91.8 cm³/mol. The van der Waals surface area contributed by atoms with Crippen molar-refractivity contribution in [1.82, 2.24) is 5.43 Å². The number of nitrogens with zero attached hydrogens (tertiary/aromatic N) is 1. The highest BCUT2D eigenvalue weighted by Crippen LogP contribution is 2.32. The lowest BCUT2D eigenvalue weighted by molar-refractivity contribution is 0.0952. The summed E-state index contributed by atoms with van der Waals surface area (Å²) in [5.74, 6) is -0.594. The summed E-state index contributed by atoms with van der Waals surface area (Å²) < 4.78 is 6.25. The summed E-state index contributed by atoms with van der Waals surface area (Å²) in [6.45, 7) is 1.80. The number of nitrogens with one attached hydrogen (secondary N) is 1. The number of aryl methyl sites for hydroxylation is 1. The fourth-order valence-electron chi connectivity index (χ4n) is 2.22. The Labute approximate surface area is 140 Å². The maximum Gasteiger partial charge on any atom is 0.275 e. The third kappa shape index (κ3) is 3.12. The summed E-state index contributed by atoms with van der Waals surface area (Å²) in [5.41, 5.74) is 4.71. The van der Waals surface area contributed by atoms with Gasteiger partial charge in [-0.15, -0.1) is 0 Å². The second-order valence-electron chi connectivity index (χ2n) is 5.00. The summed E-state index contributed by atoms with van der Waals surface area (Å²) in [6.07, 6.45) is 3.07. The number of phenolic OH excluding ortho intramolecular Hbond substituents is 1. The van der Waals surface area contributed by atoms with Crippen LogP contribution in [0.25, 0.3) is 11.0 Å². The second kappa shape index (κ2) is 6.26. The van der Waals surface area contributed by atoms with Crippen molar-refractivity contribution in [2.75, 3.05) is 0 Å². The first-order valence-electron chi connectivity index (χ1n) is 6.85. The molecule has 5 nitrogen and oxygen atoms in total. The molecule has 1 aromatic heterocycles. The molecule has 0 unspecified atom stereocenters. The van der Waals surface area contributed by atoms with Crippen LogP contribution in [0.2, 0.25) is 0 Å². The Morgan fingerprint density at radius 2 is 2.00 bits per heavy atom. The molecule has 3 aromatic rings. The van der Waals surface area contributed by atoms with Gasteiger partial charge in [-0.3, -0.25) is 4.79 Å². The number of fused-ring (bicyclic) bond motifs is 1. The van der Waals surface area contributed by atoms with Crippen LogP contribution in [0, 0.1) is 6.92 Å². The summed E-state index contributed by atoms with van der Waals surface area (Å²) in [6, 6.07) is 10.6. The van der Waals surface area contributed by atoms with Gasteiger partial charge in [-0.1, -0.05) is 28.1 Å². The number of phenols is 1. The highest BCUT2D eigenvalue weighted by atomic mass is 79.9. The largest absolute Gasteiger partial charge is 0.506 e. The zero-order chi connectivity index (χ0) is 16.4. The number of hydrogen-bond acceptors (Lipinski definition) is 4. The monoisotopic (exact) mass is 372 g/mol. The molecule has 0 atom stereocenters. The number of amides is 1. The van der Waals surface area contributed by atoms with Crippen molar-refractivity contribution >= 4 is 39.0 Å². The number of rotatable bonds is 3. The lowest BCUT2D eigenvalue weighted by Crippen LogP contribution is -2.17. The number of benzene rings is 2. The Balaban J connectivity index is 1.79. The Kier molecular flexibility index (Phi) is 4.16. The molecule has 0 saturated heterocycles. The van der Waals surface area contributed by atoms with Gasteiger partial charge < -0.3 is 9.52 Å². The van der Waals surface area contributed by atoms with Crippen LogP contribution >= 0.6 is 15.9 Å². The van der Waals surface area contributed by atoms with Gasteiger partial charge in [0, 0.05) is 4.47 Å². The highest BCUT2D eigenvalue weighted by molar-refractivity contribution is 9.10. The van der Waals surface area contributed by atoms with Crippen LogP contribution in [-0.4, -0.2) is 17.2 Å². The first-order chi connectivity index (χ1) is 11.1. The Morgan fingerprint density at radius 3 is 2.74 bits per heavy atom. The van der Waals surface area contributed by atoms with Crippen LogP contribution in [0.4, 0.5) is 0 Å². The number of hydrogen-bond donors (Lipinski definition) is 2. The van der Waals surface area contributed by atoms with Crippen molar-refractivity contribution in [2.45, 2.75) is 6.92 Å². The average Bonchev–Trinajstić information content (AvgIpc) is 2.91. The van der Waals surface area contributed by atoms with Crippen LogP contribution in [0.3, 0.4) is 0 Å². The van der Waals surface area contributed by atoms with E-state index in [0.717, 1.165) is 15.6 Å². The quantitative estimate of drug-likeness (QED) is 0.539. The van der Waals surface area contributed by atoms with Crippen molar-refractivity contribution in [1.29, 1.82) is 0 Å². The zero-order valence-electron chi connectivity index (χ0n) is 12.2. The van der Waals surface area contributed by atoms with E-state index in [2.05, 4.69) is 26.5 Å². The minimum absolute atomic E-state index is 0.106. The molecule has 3 rings (SSSR count). The third-order valence-corrected chi connectivity index (χ3v) is 3.92. The SMILES string of the molecule is Cc1coc2ccc(C(=O)N/N=C/c3ccc(Br)cc3)c(O)c12. The van der Waals surface area contributed by atoms with Crippen LogP contribution in [0.15, 0.2) is 56.7 Å². The number of furan rings is 1. The Bertz CT molecular complexity index is 898. The standard InChI is InChI=1S/C17H13BrN2O3/c1-10-9-23-14-7-6-13(16(21)15(10)14)17(22)20-19-8-11-2-4-12(18)5-3-11/h2-9,21H,1H3,(H,20,22)/b19-8+. The predicted octanol–water partition coefficient (Wildman–Crippen LogP) is 3.97. The molecule has 1 amide bonds. The molecule has 1 heterocycles. The van der Waals surface area contributed by atoms with Gasteiger partial charge in [-0.2, -0.15) is 5.10 Å². The molecular formula is C17H13BrN2O3. The first-order valence-corrected chi connectivity index (χ1v) is 7.64. The number of carbonyl (C=O) groups excluding carboxylic acids is 1. The van der Waals surface area contributed by atoms with Gasteiger partial charge in [0.2, 0.25) is 0 Å². The van der Waals surface area contributed by atoms with E-state index < -0.39 is 5.91 Å². The highest BCUT2D eigenvalue weighted by Gasteiger charge is 2.16. The fourth-order valence-corrected chi connectivity index (χ4v) is 2.48. The maximum atomic E-state index is 12.2. The van der Waals surface area contributed by atoms with Crippen molar-refractivity contribution in [3.63, 3.8) is 0 Å². The smallest absolute Gasteiger partial charge is 0.275 e. The molecule has 0 aliphatic carbocycles. The number of aromatic hydroxyl groups is 1. The van der Waals surface area contributed by atoms with Crippen LogP contribution < -0.4 is 5.43 Å². The summed E-state index contributed by atoms with van der Waals surface area (Å²) in [4.78, 5) is 12.2. The summed E-state index contributed by atoms with van der Waals surface area (Å²) >= 11 is 3.35. The van der Waals surface area contributed by atoms with Gasteiger partial charge in [0.15, 0.2) is 0 Å². The Morgan fingerprint density at radius 1 is 1.26 bits per heavy atom. The van der Waals surface area contributed by atoms with E-state index in [1.54, 1.807) is 13.0 Å². The van der Waals surface area contributed by atoms with E-state index in [-0.39, 0.29) is 11.3 Å². The summed E-state index contributed by atoms with van der Waals surface area (Å²) in [7, 11) is 0. The molecular weight excluding hydrogens is 360 g/mol. The molecule has 0 saturated carbocycles. The number of carbonyl (C=O) groups is 1. The molecule has 2 N–H and O–H groups in total. The lowest BCUT2D eigenvalue weighted by Gasteiger charge is -2.04. The maximum absolute atomic E-state index is 12.2. The normalized spacial score (nSPS) is 11.2. The molecule has 0 aliphatic heterocycles. The zero-order valence-corrected chi connectivity index (χ0v) is 13.8. The molecule has 116 valence electrons. The second-order valence-corrected chi connectivity index (χ2v) is 5.92. The van der Waals surface area contributed by atoms with Gasteiger partial charge >= 0.3 is 0 Å². The van der Waals surface area contributed by atoms with Crippen LogP contribution in [0.1, 0.15) is 21.5 Å². The van der Waals surface area contributed by atoms with Gasteiger partial charge in [-0.05, 0) is 42.3 Å². The van der Waals surface area contributed by atoms with Crippen molar-refractivity contribution < 1.29 is 14.3 Å². The topological polar surface area (TPSA) is 74.8 Å². The van der Waals surface area contributed by atoms with E-state index in [4.69, 9.17) is 4.42 Å². The van der Waals surface area contributed by atoms with Crippen LogP contribution in [0.5, 0.6) is 5.75 Å². The third-order valence-electron chi connectivity index (χ3n) is 3.39. The van der Waals surface area contributed by atoms with Crippen molar-refractivity contribution in [3.8, 4) is 5.75 Å². The molecule has 0 radical (unpaired) electrons. The molecule has 6 heteroatoms. The number of hydrazone groups is 1. The van der Waals surface area contributed by atoms with E-state index in [0.29, 0.717) is 11.0 Å². The molecule has 2 aromatic carbocycles. The molecule has 23 heavy (non-hydrogen) atoms. The average molecular weight is 373 g/mol. The Hall–Kier alpha value is -2.60. The number of halogens is 1. The minimum Gasteiger partial charge on any atom is -0.506 e. The molecule has 0 aliphatic rings. The van der Waals surface area contributed by atoms with Gasteiger partial charge in [-0.25, -0.2) is 5.43 Å². The minimum atomic E-state index is -0.488. The van der Waals surface area contributed by atoms with E-state index in [9.17, 15) is 9.90 Å². The lowest BCUT2D eigenvalue weighted by atomic mass is 10.1. The molecule has 0 fully saturated rings. The van der Waals surface area contributed by atoms with Crippen molar-refractivity contribution in [3.05, 3.63) is 63.8 Å². The fraction of sp³-hybridized carbons (Fsp3) is 0.0588. The van der Waals surface area contributed by atoms with E-state index in [1.807, 2.05) is 24.3 Å². The van der Waals surface area contributed by atoms with Gasteiger partial charge in [0.25, 0.3) is 5.91 Å².